The smallest absolute Gasteiger partial charge is 0.265 e. The van der Waals surface area contributed by atoms with Crippen LogP contribution in [0.3, 0.4) is 0 Å². The average molecular weight is 538 g/mol. The third kappa shape index (κ3) is 4.73. The maximum Gasteiger partial charge on any atom is 0.265 e. The lowest BCUT2D eigenvalue weighted by molar-refractivity contribution is -0.131. The summed E-state index contributed by atoms with van der Waals surface area (Å²) in [4.78, 5) is 18.0. The van der Waals surface area contributed by atoms with Gasteiger partial charge in [-0.05, 0) is 36.2 Å². The number of piperazine rings is 1. The van der Waals surface area contributed by atoms with E-state index >= 15 is 0 Å². The fourth-order valence-corrected chi connectivity index (χ4v) is 7.40. The van der Waals surface area contributed by atoms with Crippen molar-refractivity contribution < 1.29 is 13.2 Å². The molecule has 2 aliphatic rings. The van der Waals surface area contributed by atoms with Crippen LogP contribution in [0.1, 0.15) is 22.7 Å². The number of hydrogen-bond acceptors (Lipinski definition) is 4. The Kier molecular flexibility index (Phi) is 6.71. The molecule has 2 heterocycles. The van der Waals surface area contributed by atoms with Crippen LogP contribution in [-0.4, -0.2) is 56.8 Å². The Hall–Kier alpha value is -3.94. The largest absolute Gasteiger partial charge is 0.339 e. The van der Waals surface area contributed by atoms with Crippen molar-refractivity contribution in [2.24, 2.45) is 0 Å². The average Bonchev–Trinajstić information content (AvgIpc) is 2.97. The molecule has 4 aromatic carbocycles. The lowest BCUT2D eigenvalue weighted by Gasteiger charge is -2.40. The van der Waals surface area contributed by atoms with E-state index in [4.69, 9.17) is 0 Å². The van der Waals surface area contributed by atoms with Gasteiger partial charge < -0.3 is 4.90 Å². The second kappa shape index (κ2) is 10.3. The number of carbonyl (C=O) groups excluding carboxylic acids is 1. The molecule has 39 heavy (non-hydrogen) atoms. The number of rotatable bonds is 5. The minimum Gasteiger partial charge on any atom is -0.339 e. The van der Waals surface area contributed by atoms with E-state index in [0.29, 0.717) is 37.4 Å². The lowest BCUT2D eigenvalue weighted by Crippen LogP contribution is -2.52. The lowest BCUT2D eigenvalue weighted by atomic mass is 9.96. The molecule has 1 amide bonds. The SMILES string of the molecule is Cc1ccc2c(c1)-c1ccccc1S(=O)(=O)N2CC(=O)N1CCN(C(c2ccccc2)c2ccccc2)CC1. The molecule has 0 atom stereocenters. The van der Waals surface area contributed by atoms with Gasteiger partial charge in [-0.3, -0.25) is 14.0 Å². The van der Waals surface area contributed by atoms with Gasteiger partial charge >= 0.3 is 0 Å². The molecule has 7 heteroatoms. The van der Waals surface area contributed by atoms with Crippen LogP contribution in [0.2, 0.25) is 0 Å². The van der Waals surface area contributed by atoms with Crippen molar-refractivity contribution in [3.8, 4) is 11.1 Å². The summed E-state index contributed by atoms with van der Waals surface area (Å²) in [7, 11) is -3.86. The van der Waals surface area contributed by atoms with Gasteiger partial charge in [0.15, 0.2) is 0 Å². The van der Waals surface area contributed by atoms with Crippen LogP contribution in [0.4, 0.5) is 5.69 Å². The summed E-state index contributed by atoms with van der Waals surface area (Å²) in [6.45, 7) is 4.25. The van der Waals surface area contributed by atoms with E-state index in [0.717, 1.165) is 11.1 Å². The molecule has 198 valence electrons. The van der Waals surface area contributed by atoms with E-state index < -0.39 is 10.0 Å². The van der Waals surface area contributed by atoms with E-state index in [1.807, 2.05) is 49.4 Å². The molecule has 0 aromatic heterocycles. The number of nitrogens with zero attached hydrogens (tertiary/aromatic N) is 3. The third-order valence-corrected chi connectivity index (χ3v) is 9.53. The highest BCUT2D eigenvalue weighted by Crippen LogP contribution is 2.43. The van der Waals surface area contributed by atoms with Crippen molar-refractivity contribution >= 4 is 21.6 Å². The molecule has 0 unspecified atom stereocenters. The molecule has 1 saturated heterocycles. The third-order valence-electron chi connectivity index (χ3n) is 7.71. The zero-order chi connectivity index (χ0) is 27.0. The fraction of sp³-hybridized carbons (Fsp3) is 0.219. The number of anilines is 1. The van der Waals surface area contributed by atoms with Crippen molar-refractivity contribution in [2.75, 3.05) is 37.0 Å². The van der Waals surface area contributed by atoms with Crippen LogP contribution in [-0.2, 0) is 14.8 Å². The van der Waals surface area contributed by atoms with Gasteiger partial charge in [0.1, 0.15) is 6.54 Å². The first-order valence-corrected chi connectivity index (χ1v) is 14.7. The van der Waals surface area contributed by atoms with Crippen LogP contribution < -0.4 is 4.31 Å². The normalized spacial score (nSPS) is 16.6. The van der Waals surface area contributed by atoms with Gasteiger partial charge in [0, 0.05) is 37.3 Å². The molecule has 4 aromatic rings. The Balaban J connectivity index is 1.22. The molecule has 0 saturated carbocycles. The summed E-state index contributed by atoms with van der Waals surface area (Å²) in [6, 6.07) is 33.7. The molecule has 0 N–H and O–H groups in total. The quantitative estimate of drug-likeness (QED) is 0.355. The number of fused-ring (bicyclic) bond motifs is 3. The molecular formula is C32H31N3O3S. The Morgan fingerprint density at radius 1 is 0.744 bits per heavy atom. The second-order valence-electron chi connectivity index (χ2n) is 10.2. The van der Waals surface area contributed by atoms with Crippen LogP contribution in [0.5, 0.6) is 0 Å². The molecule has 0 bridgehead atoms. The van der Waals surface area contributed by atoms with Crippen LogP contribution in [0.15, 0.2) is 108 Å². The van der Waals surface area contributed by atoms with Gasteiger partial charge in [-0.2, -0.15) is 0 Å². The van der Waals surface area contributed by atoms with E-state index in [1.165, 1.54) is 15.4 Å². The Morgan fingerprint density at radius 3 is 1.97 bits per heavy atom. The Morgan fingerprint density at radius 2 is 1.33 bits per heavy atom. The second-order valence-corrected chi connectivity index (χ2v) is 12.0. The highest BCUT2D eigenvalue weighted by Gasteiger charge is 2.37. The van der Waals surface area contributed by atoms with Crippen LogP contribution >= 0.6 is 0 Å². The maximum atomic E-state index is 13.7. The van der Waals surface area contributed by atoms with E-state index in [9.17, 15) is 13.2 Å². The van der Waals surface area contributed by atoms with Crippen molar-refractivity contribution in [3.63, 3.8) is 0 Å². The summed E-state index contributed by atoms with van der Waals surface area (Å²) in [5.74, 6) is -0.180. The highest BCUT2D eigenvalue weighted by molar-refractivity contribution is 7.93. The minimum atomic E-state index is -3.86. The number of amides is 1. The summed E-state index contributed by atoms with van der Waals surface area (Å²) in [6.07, 6.45) is 0. The van der Waals surface area contributed by atoms with E-state index in [2.05, 4.69) is 53.4 Å². The van der Waals surface area contributed by atoms with Gasteiger partial charge in [-0.25, -0.2) is 8.42 Å². The molecule has 0 radical (unpaired) electrons. The van der Waals surface area contributed by atoms with Crippen molar-refractivity contribution in [2.45, 2.75) is 17.9 Å². The Labute approximate surface area is 230 Å². The monoisotopic (exact) mass is 537 g/mol. The van der Waals surface area contributed by atoms with Crippen molar-refractivity contribution in [1.82, 2.24) is 9.80 Å². The van der Waals surface area contributed by atoms with Crippen molar-refractivity contribution in [1.29, 1.82) is 0 Å². The molecule has 6 nitrogen and oxygen atoms in total. The molecular weight excluding hydrogens is 506 g/mol. The fourth-order valence-electron chi connectivity index (χ4n) is 5.75. The van der Waals surface area contributed by atoms with Crippen LogP contribution in [0.25, 0.3) is 11.1 Å². The zero-order valence-electron chi connectivity index (χ0n) is 21.9. The predicted octanol–water partition coefficient (Wildman–Crippen LogP) is 5.10. The zero-order valence-corrected chi connectivity index (χ0v) is 22.7. The summed E-state index contributed by atoms with van der Waals surface area (Å²) >= 11 is 0. The highest BCUT2D eigenvalue weighted by atomic mass is 32.2. The number of aryl methyl sites for hydroxylation is 1. The van der Waals surface area contributed by atoms with Gasteiger partial charge in [0.25, 0.3) is 10.0 Å². The van der Waals surface area contributed by atoms with Gasteiger partial charge in [-0.15, -0.1) is 0 Å². The summed E-state index contributed by atoms with van der Waals surface area (Å²) in [5.41, 5.74) is 5.55. The van der Waals surface area contributed by atoms with E-state index in [-0.39, 0.29) is 23.4 Å². The molecule has 0 spiro atoms. The Bertz CT molecular complexity index is 1560. The molecule has 0 aliphatic carbocycles. The molecule has 2 aliphatic heterocycles. The van der Waals surface area contributed by atoms with Gasteiger partial charge in [0.2, 0.25) is 5.91 Å². The first-order valence-electron chi connectivity index (χ1n) is 13.3. The van der Waals surface area contributed by atoms with Crippen molar-refractivity contribution in [3.05, 3.63) is 120 Å². The molecule has 6 rings (SSSR count). The van der Waals surface area contributed by atoms with E-state index in [1.54, 1.807) is 17.0 Å². The number of hydrogen-bond donors (Lipinski definition) is 0. The van der Waals surface area contributed by atoms with Gasteiger partial charge in [0.05, 0.1) is 16.6 Å². The van der Waals surface area contributed by atoms with Crippen LogP contribution in [0, 0.1) is 6.92 Å². The number of sulfonamides is 1. The topological polar surface area (TPSA) is 60.9 Å². The minimum absolute atomic E-state index is 0.0961. The predicted molar refractivity (Wildman–Crippen MR) is 154 cm³/mol. The number of benzene rings is 4. The van der Waals surface area contributed by atoms with Gasteiger partial charge in [-0.1, -0.05) is 90.5 Å². The standard InChI is InChI=1S/C32H31N3O3S/c1-24-16-17-29-28(22-24)27-14-8-9-15-30(27)39(37,38)35(29)23-31(36)33-18-20-34(21-19-33)32(25-10-4-2-5-11-25)26-12-6-3-7-13-26/h2-17,22,32H,18-21,23H2,1H3. The maximum absolute atomic E-state index is 13.7. The first kappa shape index (κ1) is 25.3. The summed E-state index contributed by atoms with van der Waals surface area (Å²) < 4.78 is 28.6. The number of carbonyl (C=O) groups is 1. The molecule has 1 fully saturated rings. The summed E-state index contributed by atoms with van der Waals surface area (Å²) in [5, 5.41) is 0. The first-order chi connectivity index (χ1) is 18.9.